The summed E-state index contributed by atoms with van der Waals surface area (Å²) in [6, 6.07) is 41.4. The van der Waals surface area contributed by atoms with Crippen molar-refractivity contribution in [2.75, 3.05) is 0 Å². The Balaban J connectivity index is 1.50. The predicted molar refractivity (Wildman–Crippen MR) is 177 cm³/mol. The Morgan fingerprint density at radius 3 is 1.95 bits per heavy atom. The Morgan fingerprint density at radius 1 is 0.442 bits per heavy atom. The molecule has 0 aliphatic heterocycles. The van der Waals surface area contributed by atoms with Crippen LogP contribution in [0.15, 0.2) is 140 Å². The van der Waals surface area contributed by atoms with E-state index in [2.05, 4.69) is 140 Å². The second-order valence-electron chi connectivity index (χ2n) is 11.1. The molecule has 0 aliphatic rings. The van der Waals surface area contributed by atoms with E-state index in [9.17, 15) is 0 Å². The molecule has 0 amide bonds. The second-order valence-corrected chi connectivity index (χ2v) is 11.1. The van der Waals surface area contributed by atoms with Gasteiger partial charge in [0.2, 0.25) is 0 Å². The SMILES string of the molecule is c1ccc(-n2c3ccccc3c3cc4c(cc32)c2c3c(ccc2n4-c2ccccc2)c2cnccc2n2ccnc32)cc1. The zero-order valence-corrected chi connectivity index (χ0v) is 23.0. The molecule has 5 nitrogen and oxygen atoms in total. The molecule has 200 valence electrons. The van der Waals surface area contributed by atoms with Crippen LogP contribution >= 0.6 is 0 Å². The van der Waals surface area contributed by atoms with Crippen molar-refractivity contribution in [2.45, 2.75) is 0 Å². The van der Waals surface area contributed by atoms with Crippen LogP contribution in [0.5, 0.6) is 0 Å². The molecular formula is C38H23N5. The highest BCUT2D eigenvalue weighted by atomic mass is 15.0. The van der Waals surface area contributed by atoms with Crippen LogP contribution < -0.4 is 0 Å². The van der Waals surface area contributed by atoms with Gasteiger partial charge in [0, 0.05) is 68.5 Å². The maximum absolute atomic E-state index is 4.93. The van der Waals surface area contributed by atoms with Gasteiger partial charge in [0.1, 0.15) is 5.65 Å². The second kappa shape index (κ2) is 8.30. The molecule has 5 heteroatoms. The number of aromatic nitrogens is 5. The number of hydrogen-bond donors (Lipinski definition) is 0. The van der Waals surface area contributed by atoms with Gasteiger partial charge in [-0.05, 0) is 60.0 Å². The molecule has 0 atom stereocenters. The van der Waals surface area contributed by atoms with Crippen molar-refractivity contribution in [1.29, 1.82) is 0 Å². The average Bonchev–Trinajstić information content (AvgIpc) is 3.77. The molecule has 0 aliphatic carbocycles. The molecule has 0 saturated heterocycles. The van der Waals surface area contributed by atoms with Crippen LogP contribution in [-0.2, 0) is 0 Å². The number of para-hydroxylation sites is 3. The Labute approximate surface area is 245 Å². The zero-order chi connectivity index (χ0) is 28.1. The van der Waals surface area contributed by atoms with Crippen LogP contribution in [0.25, 0.3) is 82.3 Å². The fraction of sp³-hybridized carbons (Fsp3) is 0. The topological polar surface area (TPSA) is 40.0 Å². The molecule has 0 N–H and O–H groups in total. The molecule has 5 aromatic carbocycles. The Kier molecular flexibility index (Phi) is 4.39. The summed E-state index contributed by atoms with van der Waals surface area (Å²) < 4.78 is 7.00. The average molecular weight is 550 g/mol. The predicted octanol–water partition coefficient (Wildman–Crippen LogP) is 9.23. The summed E-state index contributed by atoms with van der Waals surface area (Å²) in [7, 11) is 0. The van der Waals surface area contributed by atoms with Gasteiger partial charge in [0.05, 0.1) is 27.6 Å². The van der Waals surface area contributed by atoms with Crippen LogP contribution in [0.4, 0.5) is 0 Å². The first-order valence-corrected chi connectivity index (χ1v) is 14.5. The monoisotopic (exact) mass is 549 g/mol. The first-order valence-electron chi connectivity index (χ1n) is 14.5. The summed E-state index contributed by atoms with van der Waals surface area (Å²) in [5.41, 5.74) is 9.06. The van der Waals surface area contributed by atoms with Gasteiger partial charge < -0.3 is 9.13 Å². The Morgan fingerprint density at radius 2 is 1.14 bits per heavy atom. The summed E-state index contributed by atoms with van der Waals surface area (Å²) in [6.07, 6.45) is 7.78. The van der Waals surface area contributed by atoms with Gasteiger partial charge in [-0.15, -0.1) is 0 Å². The van der Waals surface area contributed by atoms with Crippen LogP contribution in [0, 0.1) is 0 Å². The summed E-state index contributed by atoms with van der Waals surface area (Å²) in [5.74, 6) is 0. The van der Waals surface area contributed by atoms with Gasteiger partial charge in [-0.25, -0.2) is 4.98 Å². The van der Waals surface area contributed by atoms with E-state index in [1.807, 2.05) is 18.6 Å². The molecule has 0 radical (unpaired) electrons. The number of imidazole rings is 1. The number of rotatable bonds is 2. The van der Waals surface area contributed by atoms with Crippen molar-refractivity contribution < 1.29 is 0 Å². The summed E-state index contributed by atoms with van der Waals surface area (Å²) in [5, 5.41) is 8.29. The Bertz CT molecular complexity index is 2710. The van der Waals surface area contributed by atoms with E-state index < -0.39 is 0 Å². The fourth-order valence-electron chi connectivity index (χ4n) is 7.22. The third-order valence-electron chi connectivity index (χ3n) is 8.97. The molecule has 0 saturated carbocycles. The van der Waals surface area contributed by atoms with Crippen LogP contribution in [-0.4, -0.2) is 23.5 Å². The number of benzene rings is 5. The van der Waals surface area contributed by atoms with Gasteiger partial charge in [-0.2, -0.15) is 0 Å². The third-order valence-corrected chi connectivity index (χ3v) is 8.97. The highest BCUT2D eigenvalue weighted by Crippen LogP contribution is 2.43. The van der Waals surface area contributed by atoms with Gasteiger partial charge in [0.15, 0.2) is 0 Å². The van der Waals surface area contributed by atoms with E-state index >= 15 is 0 Å². The van der Waals surface area contributed by atoms with Crippen molar-refractivity contribution >= 4 is 70.9 Å². The van der Waals surface area contributed by atoms with Crippen molar-refractivity contribution in [3.05, 3.63) is 140 Å². The maximum Gasteiger partial charge on any atom is 0.145 e. The molecule has 10 rings (SSSR count). The van der Waals surface area contributed by atoms with E-state index in [1.165, 1.54) is 38.1 Å². The standard InChI is InChI=1S/C38H23N5/c1-3-9-24(10-4-1)42-32-14-8-7-13-26(32)28-21-35-29(22-34(28)42)36-33(43(35)25-11-5-2-6-12-25)16-15-27-30-23-39-18-17-31(30)41-20-19-40-38(41)37(27)36/h1-23H. The first-order chi connectivity index (χ1) is 21.4. The minimum absolute atomic E-state index is 0.954. The fourth-order valence-corrected chi connectivity index (χ4v) is 7.22. The lowest BCUT2D eigenvalue weighted by Crippen LogP contribution is -1.94. The molecule has 0 fully saturated rings. The van der Waals surface area contributed by atoms with E-state index in [0.29, 0.717) is 0 Å². The first kappa shape index (κ1) is 22.7. The van der Waals surface area contributed by atoms with E-state index in [1.54, 1.807) is 0 Å². The molecule has 10 aromatic rings. The van der Waals surface area contributed by atoms with E-state index in [4.69, 9.17) is 4.98 Å². The number of hydrogen-bond acceptors (Lipinski definition) is 2. The molecule has 0 unspecified atom stereocenters. The van der Waals surface area contributed by atoms with E-state index in [-0.39, 0.29) is 0 Å². The Hall–Kier alpha value is -5.94. The lowest BCUT2D eigenvalue weighted by molar-refractivity contribution is 1.17. The maximum atomic E-state index is 4.93. The molecule has 0 spiro atoms. The molecule has 5 aromatic heterocycles. The van der Waals surface area contributed by atoms with Crippen LogP contribution in [0.1, 0.15) is 0 Å². The minimum Gasteiger partial charge on any atom is -0.309 e. The van der Waals surface area contributed by atoms with Crippen molar-refractivity contribution in [1.82, 2.24) is 23.5 Å². The lowest BCUT2D eigenvalue weighted by atomic mass is 10.0. The van der Waals surface area contributed by atoms with E-state index in [0.717, 1.165) is 44.2 Å². The summed E-state index contributed by atoms with van der Waals surface area (Å²) in [6.45, 7) is 0. The quantitative estimate of drug-likeness (QED) is 0.202. The summed E-state index contributed by atoms with van der Waals surface area (Å²) >= 11 is 0. The minimum atomic E-state index is 0.954. The van der Waals surface area contributed by atoms with Gasteiger partial charge in [0.25, 0.3) is 0 Å². The molecule has 0 bridgehead atoms. The molecule has 43 heavy (non-hydrogen) atoms. The smallest absolute Gasteiger partial charge is 0.145 e. The summed E-state index contributed by atoms with van der Waals surface area (Å²) in [4.78, 5) is 9.44. The van der Waals surface area contributed by atoms with Crippen LogP contribution in [0.2, 0.25) is 0 Å². The number of nitrogens with zero attached hydrogens (tertiary/aromatic N) is 5. The highest BCUT2D eigenvalue weighted by Gasteiger charge is 2.22. The highest BCUT2D eigenvalue weighted by molar-refractivity contribution is 6.30. The zero-order valence-electron chi connectivity index (χ0n) is 23.0. The lowest BCUT2D eigenvalue weighted by Gasteiger charge is -2.10. The largest absolute Gasteiger partial charge is 0.309 e. The van der Waals surface area contributed by atoms with Crippen molar-refractivity contribution in [3.8, 4) is 11.4 Å². The van der Waals surface area contributed by atoms with Crippen molar-refractivity contribution in [3.63, 3.8) is 0 Å². The number of fused-ring (bicyclic) bond motifs is 13. The third kappa shape index (κ3) is 2.95. The number of pyridine rings is 2. The molecule has 5 heterocycles. The van der Waals surface area contributed by atoms with Crippen molar-refractivity contribution in [2.24, 2.45) is 0 Å². The van der Waals surface area contributed by atoms with Gasteiger partial charge in [-0.3, -0.25) is 9.38 Å². The van der Waals surface area contributed by atoms with Gasteiger partial charge >= 0.3 is 0 Å². The normalized spacial score (nSPS) is 12.2. The van der Waals surface area contributed by atoms with Gasteiger partial charge in [-0.1, -0.05) is 60.7 Å². The molecular weight excluding hydrogens is 526 g/mol. The van der Waals surface area contributed by atoms with Crippen LogP contribution in [0.3, 0.4) is 0 Å².